The van der Waals surface area contributed by atoms with Crippen LogP contribution in [0.1, 0.15) is 40.5 Å². The van der Waals surface area contributed by atoms with E-state index in [-0.39, 0.29) is 28.1 Å². The number of carbonyl (C=O) groups excluding carboxylic acids is 2. The van der Waals surface area contributed by atoms with Crippen LogP contribution in [0.3, 0.4) is 0 Å². The number of nitrogens with one attached hydrogen (secondary N) is 3. The number of carbonyl (C=O) groups is 2. The molecule has 0 heterocycles. The van der Waals surface area contributed by atoms with Crippen molar-refractivity contribution in [2.24, 2.45) is 0 Å². The van der Waals surface area contributed by atoms with Gasteiger partial charge in [0.15, 0.2) is 0 Å². The quantitative estimate of drug-likeness (QED) is 0.429. The van der Waals surface area contributed by atoms with Crippen LogP contribution in [0.25, 0.3) is 0 Å². The first-order valence-electron chi connectivity index (χ1n) is 10.9. The summed E-state index contributed by atoms with van der Waals surface area (Å²) in [6, 6.07) is 19.2. The highest BCUT2D eigenvalue weighted by molar-refractivity contribution is 7.92. The van der Waals surface area contributed by atoms with Gasteiger partial charge in [-0.25, -0.2) is 8.42 Å². The minimum absolute atomic E-state index is 0.0760. The van der Waals surface area contributed by atoms with Crippen LogP contribution in [0.5, 0.6) is 5.75 Å². The van der Waals surface area contributed by atoms with Crippen molar-refractivity contribution < 1.29 is 22.7 Å². The van der Waals surface area contributed by atoms with Crippen LogP contribution < -0.4 is 20.1 Å². The van der Waals surface area contributed by atoms with Gasteiger partial charge in [0.05, 0.1) is 11.5 Å². The molecule has 1 saturated carbocycles. The van der Waals surface area contributed by atoms with Gasteiger partial charge in [-0.15, -0.1) is 0 Å². The predicted molar refractivity (Wildman–Crippen MR) is 130 cm³/mol. The molecule has 2 amide bonds. The van der Waals surface area contributed by atoms with Crippen molar-refractivity contribution >= 4 is 33.2 Å². The number of ether oxygens (including phenoxy) is 1. The third-order valence-electron chi connectivity index (χ3n) is 5.12. The summed E-state index contributed by atoms with van der Waals surface area (Å²) in [6.45, 7) is 2.33. The second kappa shape index (κ2) is 9.96. The van der Waals surface area contributed by atoms with Gasteiger partial charge in [0.2, 0.25) is 0 Å². The first-order valence-corrected chi connectivity index (χ1v) is 12.4. The van der Waals surface area contributed by atoms with Crippen molar-refractivity contribution in [1.82, 2.24) is 5.32 Å². The fourth-order valence-electron chi connectivity index (χ4n) is 3.26. The summed E-state index contributed by atoms with van der Waals surface area (Å²) in [6.07, 6.45) is 1.97. The fraction of sp³-hybridized carbons (Fsp3) is 0.200. The van der Waals surface area contributed by atoms with Gasteiger partial charge in [-0.3, -0.25) is 14.3 Å². The molecule has 3 N–H and O–H groups in total. The molecule has 0 unspecified atom stereocenters. The summed E-state index contributed by atoms with van der Waals surface area (Å²) in [5, 5.41) is 5.66. The number of rotatable bonds is 9. The van der Waals surface area contributed by atoms with Crippen LogP contribution in [0.15, 0.2) is 77.7 Å². The molecule has 1 aliphatic rings. The van der Waals surface area contributed by atoms with Crippen molar-refractivity contribution in [3.8, 4) is 5.75 Å². The van der Waals surface area contributed by atoms with E-state index >= 15 is 0 Å². The maximum absolute atomic E-state index is 12.8. The average Bonchev–Trinajstić information content (AvgIpc) is 3.64. The Kier molecular flexibility index (Phi) is 6.83. The Morgan fingerprint density at radius 3 is 2.15 bits per heavy atom. The van der Waals surface area contributed by atoms with Gasteiger partial charge in [-0.05, 0) is 80.4 Å². The molecular formula is C25H25N3O5S. The lowest BCUT2D eigenvalue weighted by Crippen LogP contribution is -2.25. The number of benzene rings is 3. The third-order valence-corrected chi connectivity index (χ3v) is 6.51. The van der Waals surface area contributed by atoms with Gasteiger partial charge in [-0.1, -0.05) is 12.1 Å². The summed E-state index contributed by atoms with van der Waals surface area (Å²) >= 11 is 0. The van der Waals surface area contributed by atoms with Crippen LogP contribution in [0, 0.1) is 0 Å². The molecule has 0 saturated heterocycles. The molecule has 3 aromatic carbocycles. The standard InChI is InChI=1S/C25H25N3O5S/c1-2-33-22-11-13-23(14-12-22)34(31,32)28-21-8-4-6-18(16-21)25(30)27-20-7-3-5-17(15-20)24(29)26-19-9-10-19/h3-8,11-16,19,28H,2,9-10H2,1H3,(H,26,29)(H,27,30). The molecule has 0 aliphatic heterocycles. The Morgan fingerprint density at radius 2 is 1.50 bits per heavy atom. The summed E-state index contributed by atoms with van der Waals surface area (Å²) in [7, 11) is -3.85. The summed E-state index contributed by atoms with van der Waals surface area (Å²) in [5.74, 6) is -0.0274. The smallest absolute Gasteiger partial charge is 0.261 e. The van der Waals surface area contributed by atoms with E-state index < -0.39 is 15.9 Å². The summed E-state index contributed by atoms with van der Waals surface area (Å²) in [5.41, 5.74) is 1.44. The fourth-order valence-corrected chi connectivity index (χ4v) is 4.31. The summed E-state index contributed by atoms with van der Waals surface area (Å²) in [4.78, 5) is 25.1. The largest absolute Gasteiger partial charge is 0.494 e. The lowest BCUT2D eigenvalue weighted by atomic mass is 10.1. The lowest BCUT2D eigenvalue weighted by Gasteiger charge is -2.11. The van der Waals surface area contributed by atoms with Gasteiger partial charge < -0.3 is 15.4 Å². The maximum Gasteiger partial charge on any atom is 0.261 e. The average molecular weight is 480 g/mol. The van der Waals surface area contributed by atoms with E-state index in [0.29, 0.717) is 23.6 Å². The highest BCUT2D eigenvalue weighted by Crippen LogP contribution is 2.22. The Balaban J connectivity index is 1.44. The molecule has 34 heavy (non-hydrogen) atoms. The normalized spacial score (nSPS) is 13.1. The maximum atomic E-state index is 12.8. The van der Waals surface area contributed by atoms with Crippen LogP contribution in [-0.2, 0) is 10.0 Å². The Morgan fingerprint density at radius 1 is 0.882 bits per heavy atom. The van der Waals surface area contributed by atoms with Crippen molar-refractivity contribution in [2.45, 2.75) is 30.7 Å². The van der Waals surface area contributed by atoms with Crippen molar-refractivity contribution in [2.75, 3.05) is 16.6 Å². The third kappa shape index (κ3) is 5.93. The van der Waals surface area contributed by atoms with E-state index in [2.05, 4.69) is 15.4 Å². The van der Waals surface area contributed by atoms with Crippen LogP contribution >= 0.6 is 0 Å². The summed E-state index contributed by atoms with van der Waals surface area (Å²) < 4.78 is 33.3. The van der Waals surface area contributed by atoms with Gasteiger partial charge in [0.1, 0.15) is 5.75 Å². The van der Waals surface area contributed by atoms with E-state index in [1.807, 2.05) is 6.92 Å². The SMILES string of the molecule is CCOc1ccc(S(=O)(=O)Nc2cccc(C(=O)Nc3cccc(C(=O)NC4CC4)c3)c2)cc1. The van der Waals surface area contributed by atoms with Crippen molar-refractivity contribution in [3.63, 3.8) is 0 Å². The molecule has 4 rings (SSSR count). The van der Waals surface area contributed by atoms with Gasteiger partial charge in [0, 0.05) is 28.5 Å². The predicted octanol–water partition coefficient (Wildman–Crippen LogP) is 4.03. The van der Waals surface area contributed by atoms with Gasteiger partial charge >= 0.3 is 0 Å². The van der Waals surface area contributed by atoms with Crippen LogP contribution in [0.2, 0.25) is 0 Å². The molecular weight excluding hydrogens is 454 g/mol. The molecule has 0 radical (unpaired) electrons. The zero-order chi connectivity index (χ0) is 24.1. The second-order valence-electron chi connectivity index (χ2n) is 7.87. The zero-order valence-electron chi connectivity index (χ0n) is 18.6. The number of hydrogen-bond acceptors (Lipinski definition) is 5. The Bertz CT molecular complexity index is 1300. The van der Waals surface area contributed by atoms with Gasteiger partial charge in [-0.2, -0.15) is 0 Å². The second-order valence-corrected chi connectivity index (χ2v) is 9.56. The van der Waals surface area contributed by atoms with Crippen molar-refractivity contribution in [3.05, 3.63) is 83.9 Å². The van der Waals surface area contributed by atoms with E-state index in [1.165, 1.54) is 18.2 Å². The Hall–Kier alpha value is -3.85. The van der Waals surface area contributed by atoms with Gasteiger partial charge in [0.25, 0.3) is 21.8 Å². The Labute approximate surface area is 198 Å². The van der Waals surface area contributed by atoms with Crippen molar-refractivity contribution in [1.29, 1.82) is 0 Å². The molecule has 0 bridgehead atoms. The minimum atomic E-state index is -3.85. The first-order chi connectivity index (χ1) is 16.3. The highest BCUT2D eigenvalue weighted by Gasteiger charge is 2.24. The van der Waals surface area contributed by atoms with E-state index in [4.69, 9.17) is 4.74 Å². The molecule has 9 heteroatoms. The number of amides is 2. The monoisotopic (exact) mass is 479 g/mol. The molecule has 0 aromatic heterocycles. The molecule has 0 spiro atoms. The minimum Gasteiger partial charge on any atom is -0.494 e. The van der Waals surface area contributed by atoms with Crippen LogP contribution in [0.4, 0.5) is 11.4 Å². The molecule has 1 aliphatic carbocycles. The van der Waals surface area contributed by atoms with E-state index in [1.54, 1.807) is 54.6 Å². The number of hydrogen-bond donors (Lipinski definition) is 3. The number of sulfonamides is 1. The molecule has 3 aromatic rings. The van der Waals surface area contributed by atoms with Crippen LogP contribution in [-0.4, -0.2) is 32.9 Å². The number of anilines is 2. The molecule has 1 fully saturated rings. The topological polar surface area (TPSA) is 114 Å². The van der Waals surface area contributed by atoms with E-state index in [0.717, 1.165) is 12.8 Å². The van der Waals surface area contributed by atoms with E-state index in [9.17, 15) is 18.0 Å². The lowest BCUT2D eigenvalue weighted by molar-refractivity contribution is 0.0949. The molecule has 0 atom stereocenters. The highest BCUT2D eigenvalue weighted by atomic mass is 32.2. The molecule has 8 nitrogen and oxygen atoms in total. The zero-order valence-corrected chi connectivity index (χ0v) is 19.4. The molecule has 176 valence electrons. The first kappa shape index (κ1) is 23.3.